The highest BCUT2D eigenvalue weighted by Crippen LogP contribution is 2.29. The molecule has 1 amide bonds. The summed E-state index contributed by atoms with van der Waals surface area (Å²) in [5.74, 6) is 2.96. The summed E-state index contributed by atoms with van der Waals surface area (Å²) in [6.07, 6.45) is 6.07. The highest BCUT2D eigenvalue weighted by atomic mass is 16.5. The number of hydrogen-bond donors (Lipinski definition) is 1. The topological polar surface area (TPSA) is 68.6 Å². The fraction of sp³-hybridized carbons (Fsp3) is 0.500. The summed E-state index contributed by atoms with van der Waals surface area (Å²) in [4.78, 5) is 19.0. The average Bonchev–Trinajstić information content (AvgIpc) is 3.07. The van der Waals surface area contributed by atoms with Crippen molar-refractivity contribution < 1.29 is 14.3 Å². The SMILES string of the molecule is COc1ccc(OC)c(NC(=O)CN2CCC(Cn3ccnc3C)CC2)c1. The molecule has 146 valence electrons. The van der Waals surface area contributed by atoms with E-state index in [1.54, 1.807) is 32.4 Å². The Morgan fingerprint density at radius 2 is 2.04 bits per heavy atom. The van der Waals surface area contributed by atoms with Crippen LogP contribution in [-0.4, -0.2) is 54.2 Å². The molecular weight excluding hydrogens is 344 g/mol. The molecule has 1 saturated heterocycles. The molecule has 0 spiro atoms. The molecule has 0 unspecified atom stereocenters. The van der Waals surface area contributed by atoms with Crippen molar-refractivity contribution in [2.75, 3.05) is 39.2 Å². The molecule has 1 aliphatic heterocycles. The van der Waals surface area contributed by atoms with Crippen LogP contribution in [0.25, 0.3) is 0 Å². The first-order valence-corrected chi connectivity index (χ1v) is 9.31. The number of ether oxygens (including phenoxy) is 2. The number of rotatable bonds is 7. The second-order valence-corrected chi connectivity index (χ2v) is 6.96. The van der Waals surface area contributed by atoms with Gasteiger partial charge in [-0.25, -0.2) is 4.98 Å². The van der Waals surface area contributed by atoms with Gasteiger partial charge in [0.05, 0.1) is 26.5 Å². The number of methoxy groups -OCH3 is 2. The molecule has 1 N–H and O–H groups in total. The fourth-order valence-electron chi connectivity index (χ4n) is 3.51. The van der Waals surface area contributed by atoms with Gasteiger partial charge in [-0.2, -0.15) is 0 Å². The maximum Gasteiger partial charge on any atom is 0.238 e. The molecule has 1 aromatic carbocycles. The molecule has 0 aliphatic carbocycles. The largest absolute Gasteiger partial charge is 0.497 e. The van der Waals surface area contributed by atoms with Gasteiger partial charge in [0.15, 0.2) is 0 Å². The van der Waals surface area contributed by atoms with Crippen molar-refractivity contribution in [1.82, 2.24) is 14.5 Å². The van der Waals surface area contributed by atoms with Gasteiger partial charge in [-0.05, 0) is 50.9 Å². The van der Waals surface area contributed by atoms with Crippen molar-refractivity contribution in [2.45, 2.75) is 26.3 Å². The maximum atomic E-state index is 12.5. The molecule has 27 heavy (non-hydrogen) atoms. The molecular formula is C20H28N4O3. The van der Waals surface area contributed by atoms with Gasteiger partial charge in [-0.15, -0.1) is 0 Å². The van der Waals surface area contributed by atoms with Crippen molar-refractivity contribution in [3.8, 4) is 11.5 Å². The molecule has 1 aliphatic rings. The predicted molar refractivity (Wildman–Crippen MR) is 104 cm³/mol. The Bertz CT molecular complexity index is 766. The van der Waals surface area contributed by atoms with Gasteiger partial charge in [0.2, 0.25) is 5.91 Å². The molecule has 7 heteroatoms. The summed E-state index contributed by atoms with van der Waals surface area (Å²) in [7, 11) is 3.19. The third-order valence-corrected chi connectivity index (χ3v) is 5.13. The molecule has 0 bridgehead atoms. The summed E-state index contributed by atoms with van der Waals surface area (Å²) in [5, 5.41) is 2.94. The third-order valence-electron chi connectivity index (χ3n) is 5.13. The number of hydrogen-bond acceptors (Lipinski definition) is 5. The minimum absolute atomic E-state index is 0.0366. The molecule has 1 fully saturated rings. The molecule has 0 saturated carbocycles. The van der Waals surface area contributed by atoms with E-state index < -0.39 is 0 Å². The Labute approximate surface area is 160 Å². The molecule has 7 nitrogen and oxygen atoms in total. The average molecular weight is 372 g/mol. The normalized spacial score (nSPS) is 15.5. The van der Waals surface area contributed by atoms with Crippen LogP contribution in [0.2, 0.25) is 0 Å². The number of nitrogens with one attached hydrogen (secondary N) is 1. The quantitative estimate of drug-likeness (QED) is 0.809. The van der Waals surface area contributed by atoms with Crippen LogP contribution < -0.4 is 14.8 Å². The van der Waals surface area contributed by atoms with Crippen LogP contribution in [-0.2, 0) is 11.3 Å². The zero-order valence-corrected chi connectivity index (χ0v) is 16.3. The third kappa shape index (κ3) is 5.01. The number of aryl methyl sites for hydroxylation is 1. The summed E-state index contributed by atoms with van der Waals surface area (Å²) in [6.45, 7) is 5.29. The van der Waals surface area contributed by atoms with Crippen molar-refractivity contribution in [1.29, 1.82) is 0 Å². The van der Waals surface area contributed by atoms with E-state index in [0.717, 1.165) is 38.3 Å². The van der Waals surface area contributed by atoms with E-state index >= 15 is 0 Å². The first-order chi connectivity index (χ1) is 13.1. The lowest BCUT2D eigenvalue weighted by Gasteiger charge is -2.31. The van der Waals surface area contributed by atoms with Crippen LogP contribution in [0.1, 0.15) is 18.7 Å². The van der Waals surface area contributed by atoms with E-state index in [9.17, 15) is 4.79 Å². The summed E-state index contributed by atoms with van der Waals surface area (Å²) < 4.78 is 12.8. The molecule has 2 heterocycles. The first-order valence-electron chi connectivity index (χ1n) is 9.31. The Morgan fingerprint density at radius 1 is 1.26 bits per heavy atom. The number of carbonyl (C=O) groups excluding carboxylic acids is 1. The number of benzene rings is 1. The van der Waals surface area contributed by atoms with E-state index in [2.05, 4.69) is 19.8 Å². The van der Waals surface area contributed by atoms with Crippen LogP contribution in [0, 0.1) is 12.8 Å². The number of anilines is 1. The summed E-state index contributed by atoms with van der Waals surface area (Å²) >= 11 is 0. The number of aromatic nitrogens is 2. The van der Waals surface area contributed by atoms with E-state index in [1.807, 2.05) is 19.3 Å². The molecule has 2 aromatic rings. The van der Waals surface area contributed by atoms with Crippen molar-refractivity contribution >= 4 is 11.6 Å². The lowest BCUT2D eigenvalue weighted by atomic mass is 9.96. The Hall–Kier alpha value is -2.54. The van der Waals surface area contributed by atoms with Crippen LogP contribution in [0.5, 0.6) is 11.5 Å². The van der Waals surface area contributed by atoms with E-state index in [4.69, 9.17) is 9.47 Å². The molecule has 0 atom stereocenters. The van der Waals surface area contributed by atoms with Gasteiger partial charge >= 0.3 is 0 Å². The molecule has 0 radical (unpaired) electrons. The zero-order valence-electron chi connectivity index (χ0n) is 16.3. The van der Waals surface area contributed by atoms with Crippen LogP contribution >= 0.6 is 0 Å². The Morgan fingerprint density at radius 3 is 2.67 bits per heavy atom. The van der Waals surface area contributed by atoms with Crippen LogP contribution in [0.15, 0.2) is 30.6 Å². The van der Waals surface area contributed by atoms with Gasteiger partial charge in [0, 0.05) is 25.0 Å². The van der Waals surface area contributed by atoms with Crippen LogP contribution in [0.3, 0.4) is 0 Å². The molecule has 1 aromatic heterocycles. The number of likely N-dealkylation sites (tertiary alicyclic amines) is 1. The van der Waals surface area contributed by atoms with E-state index in [-0.39, 0.29) is 5.91 Å². The highest BCUT2D eigenvalue weighted by Gasteiger charge is 2.22. The van der Waals surface area contributed by atoms with Gasteiger partial charge in [0.1, 0.15) is 17.3 Å². The van der Waals surface area contributed by atoms with Gasteiger partial charge < -0.3 is 19.4 Å². The second kappa shape index (κ2) is 8.90. The number of imidazole rings is 1. The van der Waals surface area contributed by atoms with Crippen molar-refractivity contribution in [2.24, 2.45) is 5.92 Å². The van der Waals surface area contributed by atoms with Crippen molar-refractivity contribution in [3.63, 3.8) is 0 Å². The monoisotopic (exact) mass is 372 g/mol. The van der Waals surface area contributed by atoms with Crippen LogP contribution in [0.4, 0.5) is 5.69 Å². The fourth-order valence-corrected chi connectivity index (χ4v) is 3.51. The van der Waals surface area contributed by atoms with Gasteiger partial charge in [-0.3, -0.25) is 9.69 Å². The minimum Gasteiger partial charge on any atom is -0.497 e. The molecule has 3 rings (SSSR count). The lowest BCUT2D eigenvalue weighted by molar-refractivity contribution is -0.117. The van der Waals surface area contributed by atoms with Gasteiger partial charge in [-0.1, -0.05) is 0 Å². The standard InChI is InChI=1S/C20H28N4O3/c1-15-21-8-11-24(15)13-16-6-9-23(10-7-16)14-20(25)22-18-12-17(26-2)4-5-19(18)27-3/h4-5,8,11-12,16H,6-7,9-10,13-14H2,1-3H3,(H,22,25). The Balaban J connectivity index is 1.49. The van der Waals surface area contributed by atoms with E-state index in [0.29, 0.717) is 29.6 Å². The predicted octanol–water partition coefficient (Wildman–Crippen LogP) is 2.56. The lowest BCUT2D eigenvalue weighted by Crippen LogP contribution is -2.40. The summed E-state index contributed by atoms with van der Waals surface area (Å²) in [6, 6.07) is 5.37. The minimum atomic E-state index is -0.0366. The summed E-state index contributed by atoms with van der Waals surface area (Å²) in [5.41, 5.74) is 0.632. The number of amides is 1. The smallest absolute Gasteiger partial charge is 0.238 e. The Kier molecular flexibility index (Phi) is 6.34. The van der Waals surface area contributed by atoms with Gasteiger partial charge in [0.25, 0.3) is 0 Å². The first kappa shape index (κ1) is 19.2. The van der Waals surface area contributed by atoms with E-state index in [1.165, 1.54) is 0 Å². The van der Waals surface area contributed by atoms with Crippen molar-refractivity contribution in [3.05, 3.63) is 36.4 Å². The number of piperidine rings is 1. The second-order valence-electron chi connectivity index (χ2n) is 6.96. The maximum absolute atomic E-state index is 12.5. The zero-order chi connectivity index (χ0) is 19.2. The number of nitrogens with zero attached hydrogens (tertiary/aromatic N) is 3. The highest BCUT2D eigenvalue weighted by molar-refractivity contribution is 5.94. The number of carbonyl (C=O) groups is 1.